The molecule has 6 nitrogen and oxygen atoms in total. The largest absolute Gasteiger partial charge is 0.481 e. The summed E-state index contributed by atoms with van der Waals surface area (Å²) in [6.07, 6.45) is 1.71. The maximum atomic E-state index is 11.9. The highest BCUT2D eigenvalue weighted by Gasteiger charge is 2.30. The van der Waals surface area contributed by atoms with Gasteiger partial charge in [-0.15, -0.1) is 0 Å². The second-order valence-corrected chi connectivity index (χ2v) is 5.76. The minimum Gasteiger partial charge on any atom is -0.481 e. The molecule has 0 aromatic carbocycles. The van der Waals surface area contributed by atoms with E-state index in [-0.39, 0.29) is 30.0 Å². The summed E-state index contributed by atoms with van der Waals surface area (Å²) in [5.41, 5.74) is -0.368. The monoisotopic (exact) mass is 272 g/mol. The number of hydrogen-bond donors (Lipinski definition) is 3. The third kappa shape index (κ3) is 5.46. The first-order valence-corrected chi connectivity index (χ1v) is 6.70. The molecule has 0 aliphatic carbocycles. The van der Waals surface area contributed by atoms with E-state index in [9.17, 15) is 9.59 Å². The Labute approximate surface area is 113 Å². The van der Waals surface area contributed by atoms with Crippen LogP contribution in [0.15, 0.2) is 0 Å². The molecule has 0 radical (unpaired) electrons. The van der Waals surface area contributed by atoms with E-state index in [0.717, 1.165) is 19.4 Å². The van der Waals surface area contributed by atoms with Crippen molar-refractivity contribution in [3.05, 3.63) is 0 Å². The zero-order valence-corrected chi connectivity index (χ0v) is 11.9. The van der Waals surface area contributed by atoms with E-state index >= 15 is 0 Å². The number of rotatable bonds is 5. The Kier molecular flexibility index (Phi) is 5.60. The van der Waals surface area contributed by atoms with Gasteiger partial charge in [-0.25, -0.2) is 4.79 Å². The summed E-state index contributed by atoms with van der Waals surface area (Å²) >= 11 is 0. The number of carbonyl (C=O) groups is 2. The molecule has 1 saturated heterocycles. The number of carbonyl (C=O) groups excluding carboxylic acids is 1. The molecular weight excluding hydrogens is 248 g/mol. The Morgan fingerprint density at radius 1 is 1.42 bits per heavy atom. The molecule has 19 heavy (non-hydrogen) atoms. The summed E-state index contributed by atoms with van der Waals surface area (Å²) in [5.74, 6) is -0.844. The summed E-state index contributed by atoms with van der Waals surface area (Å²) in [6.45, 7) is 6.93. The molecule has 0 aromatic rings. The van der Waals surface area contributed by atoms with Crippen molar-refractivity contribution in [2.45, 2.75) is 51.6 Å². The molecule has 1 aliphatic heterocycles. The lowest BCUT2D eigenvalue weighted by Gasteiger charge is -2.35. The average Bonchev–Trinajstić information content (AvgIpc) is 2.27. The topological polar surface area (TPSA) is 87.7 Å². The zero-order valence-electron chi connectivity index (χ0n) is 11.9. The van der Waals surface area contributed by atoms with Gasteiger partial charge in [0.2, 0.25) is 0 Å². The summed E-state index contributed by atoms with van der Waals surface area (Å²) in [4.78, 5) is 22.7. The Morgan fingerprint density at radius 2 is 2.11 bits per heavy atom. The zero-order chi connectivity index (χ0) is 14.5. The van der Waals surface area contributed by atoms with Gasteiger partial charge >= 0.3 is 12.0 Å². The van der Waals surface area contributed by atoms with Gasteiger partial charge in [0.05, 0.1) is 18.6 Å². The van der Waals surface area contributed by atoms with Crippen LogP contribution in [0.3, 0.4) is 0 Å². The van der Waals surface area contributed by atoms with Gasteiger partial charge in [-0.2, -0.15) is 0 Å². The van der Waals surface area contributed by atoms with Gasteiger partial charge in [-0.3, -0.25) is 4.79 Å². The highest BCUT2D eigenvalue weighted by atomic mass is 16.5. The quantitative estimate of drug-likeness (QED) is 0.705. The third-order valence-electron chi connectivity index (χ3n) is 3.37. The van der Waals surface area contributed by atoms with E-state index in [0.29, 0.717) is 6.61 Å². The minimum atomic E-state index is -0.911. The molecule has 0 spiro atoms. The first-order chi connectivity index (χ1) is 8.82. The van der Waals surface area contributed by atoms with Crippen LogP contribution in [-0.4, -0.2) is 41.9 Å². The van der Waals surface area contributed by atoms with Gasteiger partial charge in [0.25, 0.3) is 0 Å². The van der Waals surface area contributed by atoms with Gasteiger partial charge in [0, 0.05) is 12.6 Å². The van der Waals surface area contributed by atoms with E-state index in [1.807, 2.05) is 20.8 Å². The van der Waals surface area contributed by atoms with Gasteiger partial charge in [0.15, 0.2) is 0 Å². The first kappa shape index (κ1) is 15.8. The van der Waals surface area contributed by atoms with Gasteiger partial charge in [-0.05, 0) is 25.7 Å². The molecule has 3 N–H and O–H groups in total. The second-order valence-electron chi connectivity index (χ2n) is 5.76. The highest BCUT2D eigenvalue weighted by Crippen LogP contribution is 2.18. The van der Waals surface area contributed by atoms with Crippen molar-refractivity contribution in [1.82, 2.24) is 10.6 Å². The van der Waals surface area contributed by atoms with Crippen molar-refractivity contribution < 1.29 is 19.4 Å². The number of aliphatic carboxylic acids is 1. The Hall–Kier alpha value is -1.30. The summed E-state index contributed by atoms with van der Waals surface area (Å²) in [5, 5.41) is 14.4. The number of hydrogen-bond acceptors (Lipinski definition) is 3. The number of nitrogens with one attached hydrogen (secondary N) is 2. The Morgan fingerprint density at radius 3 is 2.58 bits per heavy atom. The molecule has 0 bridgehead atoms. The maximum absolute atomic E-state index is 11.9. The Bertz CT molecular complexity index is 325. The Balaban J connectivity index is 2.49. The smallest absolute Gasteiger partial charge is 0.315 e. The van der Waals surface area contributed by atoms with Crippen LogP contribution < -0.4 is 10.6 Å². The molecule has 0 aromatic heterocycles. The number of carboxylic acid groups (broad SMARTS) is 1. The number of amides is 2. The maximum Gasteiger partial charge on any atom is 0.315 e. The first-order valence-electron chi connectivity index (χ1n) is 6.70. The lowest BCUT2D eigenvalue weighted by Crippen LogP contribution is -2.56. The summed E-state index contributed by atoms with van der Waals surface area (Å²) in [6, 6.07) is -0.696. The van der Waals surface area contributed by atoms with Crippen LogP contribution >= 0.6 is 0 Å². The third-order valence-corrected chi connectivity index (χ3v) is 3.37. The fraction of sp³-hybridized carbons (Fsp3) is 0.846. The van der Waals surface area contributed by atoms with Crippen molar-refractivity contribution in [1.29, 1.82) is 0 Å². The van der Waals surface area contributed by atoms with Crippen molar-refractivity contribution in [3.63, 3.8) is 0 Å². The average molecular weight is 272 g/mol. The SMILES string of the molecule is CC(C)C(CC(=O)O)NC(=O)NC1(C)CCCOC1. The molecular formula is C13H24N2O4. The fourth-order valence-corrected chi connectivity index (χ4v) is 2.15. The molecule has 2 atom stereocenters. The van der Waals surface area contributed by atoms with Crippen LogP contribution in [0.2, 0.25) is 0 Å². The van der Waals surface area contributed by atoms with Crippen molar-refractivity contribution in [3.8, 4) is 0 Å². The molecule has 1 rings (SSSR count). The van der Waals surface area contributed by atoms with Crippen LogP contribution in [0.1, 0.15) is 40.0 Å². The normalized spacial score (nSPS) is 24.8. The molecule has 110 valence electrons. The van der Waals surface area contributed by atoms with Crippen molar-refractivity contribution in [2.24, 2.45) is 5.92 Å². The minimum absolute atomic E-state index is 0.0669. The van der Waals surface area contributed by atoms with Crippen molar-refractivity contribution in [2.75, 3.05) is 13.2 Å². The molecule has 1 aliphatic rings. The molecule has 1 heterocycles. The van der Waals surface area contributed by atoms with E-state index < -0.39 is 5.97 Å². The van der Waals surface area contributed by atoms with Gasteiger partial charge in [0.1, 0.15) is 0 Å². The number of carboxylic acids is 1. The fourth-order valence-electron chi connectivity index (χ4n) is 2.15. The van der Waals surface area contributed by atoms with Gasteiger partial charge in [-0.1, -0.05) is 13.8 Å². The summed E-state index contributed by atoms with van der Waals surface area (Å²) < 4.78 is 5.37. The molecule has 2 unspecified atom stereocenters. The predicted molar refractivity (Wildman–Crippen MR) is 71.0 cm³/mol. The lowest BCUT2D eigenvalue weighted by atomic mass is 9.95. The van der Waals surface area contributed by atoms with Gasteiger partial charge < -0.3 is 20.5 Å². The number of urea groups is 1. The number of ether oxygens (including phenoxy) is 1. The molecule has 6 heteroatoms. The van der Waals surface area contributed by atoms with Crippen LogP contribution in [0.25, 0.3) is 0 Å². The van der Waals surface area contributed by atoms with Crippen LogP contribution in [0.5, 0.6) is 0 Å². The molecule has 0 saturated carbocycles. The predicted octanol–water partition coefficient (Wildman–Crippen LogP) is 1.35. The second kappa shape index (κ2) is 6.75. The van der Waals surface area contributed by atoms with Crippen LogP contribution in [0, 0.1) is 5.92 Å². The molecule has 2 amide bonds. The highest BCUT2D eigenvalue weighted by molar-refractivity contribution is 5.76. The van der Waals surface area contributed by atoms with Crippen LogP contribution in [-0.2, 0) is 9.53 Å². The van der Waals surface area contributed by atoms with Crippen LogP contribution in [0.4, 0.5) is 4.79 Å². The lowest BCUT2D eigenvalue weighted by molar-refractivity contribution is -0.137. The van der Waals surface area contributed by atoms with E-state index in [1.54, 1.807) is 0 Å². The van der Waals surface area contributed by atoms with E-state index in [2.05, 4.69) is 10.6 Å². The van der Waals surface area contributed by atoms with Crippen molar-refractivity contribution >= 4 is 12.0 Å². The van der Waals surface area contributed by atoms with E-state index in [4.69, 9.17) is 9.84 Å². The molecule has 1 fully saturated rings. The standard InChI is InChI=1S/C13H24N2O4/c1-9(2)10(7-11(16)17)14-12(18)15-13(3)5-4-6-19-8-13/h9-10H,4-8H2,1-3H3,(H,16,17)(H2,14,15,18). The summed E-state index contributed by atoms with van der Waals surface area (Å²) in [7, 11) is 0. The van der Waals surface area contributed by atoms with E-state index in [1.165, 1.54) is 0 Å².